The predicted molar refractivity (Wildman–Crippen MR) is 159 cm³/mol. The third-order valence-electron chi connectivity index (χ3n) is 7.08. The number of aliphatic hydroxyl groups is 1. The van der Waals surface area contributed by atoms with Crippen LogP contribution in [-0.4, -0.2) is 84.9 Å². The molecule has 10 nitrogen and oxygen atoms in total. The number of benzene rings is 2. The molecule has 1 aromatic heterocycles. The van der Waals surface area contributed by atoms with Crippen LogP contribution in [0.3, 0.4) is 0 Å². The number of rotatable bonds is 7. The maximum Gasteiger partial charge on any atom is 0.321 e. The fourth-order valence-electron chi connectivity index (χ4n) is 4.48. The van der Waals surface area contributed by atoms with Gasteiger partial charge in [0.15, 0.2) is 0 Å². The van der Waals surface area contributed by atoms with Crippen LogP contribution in [0.25, 0.3) is 0 Å². The van der Waals surface area contributed by atoms with Crippen LogP contribution in [0.5, 0.6) is 17.4 Å². The average Bonchev–Trinajstić information content (AvgIpc) is 3.01. The normalized spacial score (nSPS) is 16.9. The molecule has 0 spiro atoms. The first kappa shape index (κ1) is 30.2. The van der Waals surface area contributed by atoms with Crippen LogP contribution in [0.2, 0.25) is 0 Å². The first-order valence-corrected chi connectivity index (χ1v) is 13.6. The molecule has 220 valence electrons. The molecule has 0 saturated carbocycles. The van der Waals surface area contributed by atoms with Crippen LogP contribution in [0.4, 0.5) is 10.5 Å². The molecule has 10 heteroatoms. The Morgan fingerprint density at radius 2 is 1.86 bits per heavy atom. The minimum Gasteiger partial charge on any atom is -0.497 e. The van der Waals surface area contributed by atoms with E-state index in [1.165, 1.54) is 4.90 Å². The molecule has 0 unspecified atom stereocenters. The van der Waals surface area contributed by atoms with Gasteiger partial charge < -0.3 is 34.4 Å². The maximum absolute atomic E-state index is 13.7. The summed E-state index contributed by atoms with van der Waals surface area (Å²) in [6.45, 7) is 4.08. The van der Waals surface area contributed by atoms with E-state index in [2.05, 4.69) is 22.1 Å². The van der Waals surface area contributed by atoms with Crippen LogP contribution >= 0.6 is 0 Å². The number of hydrogen-bond acceptors (Lipinski definition) is 7. The van der Waals surface area contributed by atoms with E-state index < -0.39 is 12.1 Å². The molecule has 0 fully saturated rings. The van der Waals surface area contributed by atoms with Crippen molar-refractivity contribution in [3.05, 3.63) is 77.5 Å². The zero-order chi connectivity index (χ0) is 30.2. The van der Waals surface area contributed by atoms with Crippen LogP contribution in [0, 0.1) is 17.8 Å². The number of carbonyl (C=O) groups is 2. The Morgan fingerprint density at radius 1 is 1.14 bits per heavy atom. The first-order valence-electron chi connectivity index (χ1n) is 13.6. The number of fused-ring (bicyclic) bond motifs is 1. The fraction of sp³-hybridized carbons (Fsp3) is 0.344. The van der Waals surface area contributed by atoms with E-state index in [9.17, 15) is 14.7 Å². The number of methoxy groups -OCH3 is 2. The summed E-state index contributed by atoms with van der Waals surface area (Å²) < 4.78 is 16.7. The molecule has 0 radical (unpaired) electrons. The molecule has 0 saturated heterocycles. The lowest BCUT2D eigenvalue weighted by Gasteiger charge is -2.37. The summed E-state index contributed by atoms with van der Waals surface area (Å²) >= 11 is 0. The van der Waals surface area contributed by atoms with Gasteiger partial charge in [-0.15, -0.1) is 0 Å². The molecule has 3 aromatic rings. The van der Waals surface area contributed by atoms with Crippen molar-refractivity contribution < 1.29 is 28.9 Å². The molecule has 2 heterocycles. The highest BCUT2D eigenvalue weighted by Gasteiger charge is 2.34. The van der Waals surface area contributed by atoms with Crippen molar-refractivity contribution in [1.29, 1.82) is 0 Å². The molecular formula is C32H36N4O6. The largest absolute Gasteiger partial charge is 0.497 e. The number of aliphatic hydroxyl groups excluding tert-OH is 1. The van der Waals surface area contributed by atoms with E-state index in [0.29, 0.717) is 23.5 Å². The summed E-state index contributed by atoms with van der Waals surface area (Å²) in [6.07, 6.45) is 1.07. The van der Waals surface area contributed by atoms with Gasteiger partial charge in [0.05, 0.1) is 33.4 Å². The van der Waals surface area contributed by atoms with Gasteiger partial charge in [0.1, 0.15) is 23.2 Å². The van der Waals surface area contributed by atoms with Gasteiger partial charge in [-0.3, -0.25) is 4.79 Å². The molecule has 1 aliphatic heterocycles. The highest BCUT2D eigenvalue weighted by molar-refractivity contribution is 5.97. The Labute approximate surface area is 246 Å². The lowest BCUT2D eigenvalue weighted by Crippen LogP contribution is -2.50. The third kappa shape index (κ3) is 7.30. The number of urea groups is 1. The summed E-state index contributed by atoms with van der Waals surface area (Å²) in [7, 11) is 4.84. The molecule has 1 aliphatic rings. The number of carbonyl (C=O) groups excluding carboxylic acids is 2. The standard InChI is InChI=1S/C32H36N4O6/c1-21-18-36(22(2)20-37)31(38)28-15-24(10-9-23-11-13-26(40-4)14-12-23)17-33-30(28)42-29(21)19-35(3)32(39)34-25-7-6-8-27(16-25)41-5/h6-8,11-17,21-22,29,37H,18-20H2,1-5H3,(H,34,39)/t21-,22+,29+/m1/s1. The lowest BCUT2D eigenvalue weighted by atomic mass is 10.00. The number of pyridine rings is 1. The average molecular weight is 573 g/mol. The number of likely N-dealkylation sites (N-methyl/N-ethyl adjacent to an activating group) is 1. The van der Waals surface area contributed by atoms with E-state index >= 15 is 0 Å². The zero-order valence-corrected chi connectivity index (χ0v) is 24.5. The Kier molecular flexibility index (Phi) is 9.89. The van der Waals surface area contributed by atoms with Crippen molar-refractivity contribution in [3.8, 4) is 29.2 Å². The van der Waals surface area contributed by atoms with Gasteiger partial charge in [-0.2, -0.15) is 0 Å². The van der Waals surface area contributed by atoms with E-state index in [0.717, 1.165) is 11.3 Å². The monoisotopic (exact) mass is 572 g/mol. The third-order valence-corrected chi connectivity index (χ3v) is 7.08. The molecule has 0 bridgehead atoms. The van der Waals surface area contributed by atoms with Crippen LogP contribution in [0.1, 0.15) is 35.3 Å². The number of amides is 3. The second-order valence-corrected chi connectivity index (χ2v) is 10.2. The summed E-state index contributed by atoms with van der Waals surface area (Å²) in [5.41, 5.74) is 2.17. The van der Waals surface area contributed by atoms with E-state index in [4.69, 9.17) is 14.2 Å². The number of aromatic nitrogens is 1. The first-order chi connectivity index (χ1) is 20.2. The molecule has 4 rings (SSSR count). The second kappa shape index (κ2) is 13.7. The molecule has 42 heavy (non-hydrogen) atoms. The van der Waals surface area contributed by atoms with E-state index in [1.807, 2.05) is 31.2 Å². The molecule has 3 atom stereocenters. The van der Waals surface area contributed by atoms with Crippen molar-refractivity contribution >= 4 is 17.6 Å². The van der Waals surface area contributed by atoms with Gasteiger partial charge in [0.2, 0.25) is 5.88 Å². The highest BCUT2D eigenvalue weighted by atomic mass is 16.5. The number of hydrogen-bond donors (Lipinski definition) is 2. The molecule has 0 aliphatic carbocycles. The fourth-order valence-corrected chi connectivity index (χ4v) is 4.48. The zero-order valence-electron chi connectivity index (χ0n) is 24.5. The van der Waals surface area contributed by atoms with Crippen LogP contribution in [0.15, 0.2) is 60.8 Å². The van der Waals surface area contributed by atoms with Gasteiger partial charge in [0, 0.05) is 48.6 Å². The number of nitrogens with one attached hydrogen (secondary N) is 1. The lowest BCUT2D eigenvalue weighted by molar-refractivity contribution is 0.0356. The second-order valence-electron chi connectivity index (χ2n) is 10.2. The summed E-state index contributed by atoms with van der Waals surface area (Å²) in [5, 5.41) is 12.8. The van der Waals surface area contributed by atoms with Gasteiger partial charge in [-0.05, 0) is 49.4 Å². The van der Waals surface area contributed by atoms with Gasteiger partial charge in [0.25, 0.3) is 5.91 Å². The van der Waals surface area contributed by atoms with Crippen molar-refractivity contribution in [2.75, 3.05) is 46.3 Å². The SMILES string of the molecule is COc1ccc(C#Cc2cnc3c(c2)C(=O)N([C@@H](C)CO)C[C@@H](C)[C@H](CN(C)C(=O)Nc2cccc(OC)c2)O3)cc1. The molecule has 2 aromatic carbocycles. The molecule has 3 amide bonds. The van der Waals surface area contributed by atoms with E-state index in [-0.39, 0.29) is 42.5 Å². The Balaban J connectivity index is 1.59. The van der Waals surface area contributed by atoms with Gasteiger partial charge in [-0.1, -0.05) is 24.8 Å². The Hall–Kier alpha value is -4.75. The van der Waals surface area contributed by atoms with Gasteiger partial charge in [-0.25, -0.2) is 9.78 Å². The van der Waals surface area contributed by atoms with Crippen molar-refractivity contribution in [1.82, 2.24) is 14.8 Å². The van der Waals surface area contributed by atoms with Crippen molar-refractivity contribution in [2.45, 2.75) is 26.0 Å². The van der Waals surface area contributed by atoms with E-state index in [1.54, 1.807) is 69.6 Å². The Morgan fingerprint density at radius 3 is 2.55 bits per heavy atom. The van der Waals surface area contributed by atoms with Gasteiger partial charge >= 0.3 is 6.03 Å². The molecule has 2 N–H and O–H groups in total. The van der Waals surface area contributed by atoms with Crippen LogP contribution in [-0.2, 0) is 0 Å². The quantitative estimate of drug-likeness (QED) is 0.413. The number of ether oxygens (including phenoxy) is 3. The number of anilines is 1. The minimum absolute atomic E-state index is 0.156. The smallest absolute Gasteiger partial charge is 0.321 e. The summed E-state index contributed by atoms with van der Waals surface area (Å²) in [6, 6.07) is 15.3. The summed E-state index contributed by atoms with van der Waals surface area (Å²) in [4.78, 5) is 34.3. The number of nitrogens with zero attached hydrogens (tertiary/aromatic N) is 3. The summed E-state index contributed by atoms with van der Waals surface area (Å²) in [5.74, 6) is 7.17. The maximum atomic E-state index is 13.7. The highest BCUT2D eigenvalue weighted by Crippen LogP contribution is 2.27. The van der Waals surface area contributed by atoms with Crippen molar-refractivity contribution in [2.24, 2.45) is 5.92 Å². The van der Waals surface area contributed by atoms with Crippen molar-refractivity contribution in [3.63, 3.8) is 0 Å². The predicted octanol–water partition coefficient (Wildman–Crippen LogP) is 3.88. The molecular weight excluding hydrogens is 536 g/mol. The topological polar surface area (TPSA) is 113 Å². The van der Waals surface area contributed by atoms with Crippen LogP contribution < -0.4 is 19.5 Å². The Bertz CT molecular complexity index is 1470. The minimum atomic E-state index is -0.491.